The first-order valence-corrected chi connectivity index (χ1v) is 12.8. The third-order valence-corrected chi connectivity index (χ3v) is 7.62. The molecule has 5 aromatic rings. The topological polar surface area (TPSA) is 78.0 Å². The van der Waals surface area contributed by atoms with E-state index in [2.05, 4.69) is 27.0 Å². The van der Waals surface area contributed by atoms with Crippen molar-refractivity contribution in [1.82, 2.24) is 24.5 Å². The molecule has 0 bridgehead atoms. The molecule has 0 amide bonds. The normalized spacial score (nSPS) is 17.4. The van der Waals surface area contributed by atoms with Crippen molar-refractivity contribution in [3.8, 4) is 11.3 Å². The van der Waals surface area contributed by atoms with Crippen molar-refractivity contribution < 1.29 is 18.3 Å². The zero-order valence-corrected chi connectivity index (χ0v) is 21.6. The zero-order valence-electron chi connectivity index (χ0n) is 24.6. The van der Waals surface area contributed by atoms with E-state index in [0.29, 0.717) is 35.4 Å². The van der Waals surface area contributed by atoms with Crippen LogP contribution in [-0.4, -0.2) is 42.9 Å². The standard InChI is InChI=1S/C30H32FN5O2/c1-18-28(35(4)34-33-18)21-14-26-27(32-17-21)22-15-24(31)23(30(2,3)37)16-25(22)36(26)29(19-8-6-5-7-9-19)20-10-12-38-13-11-20/h5-9,14-17,20,29,37H,10-13H2,1-4H3/t29-/m1/s1/i1D3. The van der Waals surface area contributed by atoms with Crippen LogP contribution in [-0.2, 0) is 17.4 Å². The zero-order chi connectivity index (χ0) is 29.1. The van der Waals surface area contributed by atoms with Crippen LogP contribution in [0.1, 0.15) is 53.7 Å². The highest BCUT2D eigenvalue weighted by molar-refractivity contribution is 6.07. The number of aliphatic hydroxyl groups is 1. The van der Waals surface area contributed by atoms with Gasteiger partial charge in [0.05, 0.1) is 39.6 Å². The Morgan fingerprint density at radius 2 is 1.89 bits per heavy atom. The van der Waals surface area contributed by atoms with Crippen molar-refractivity contribution in [2.45, 2.75) is 45.2 Å². The van der Waals surface area contributed by atoms with Crippen molar-refractivity contribution >= 4 is 21.9 Å². The summed E-state index contributed by atoms with van der Waals surface area (Å²) in [5.74, 6) is -0.307. The van der Waals surface area contributed by atoms with Gasteiger partial charge in [-0.15, -0.1) is 5.10 Å². The van der Waals surface area contributed by atoms with Gasteiger partial charge >= 0.3 is 0 Å². The second-order valence-corrected chi connectivity index (χ2v) is 10.6. The number of fused-ring (bicyclic) bond motifs is 3. The molecule has 3 aromatic heterocycles. The summed E-state index contributed by atoms with van der Waals surface area (Å²) in [6, 6.07) is 15.1. The molecule has 4 heterocycles. The number of benzene rings is 2. The fourth-order valence-electron chi connectivity index (χ4n) is 5.82. The number of nitrogens with zero attached hydrogens (tertiary/aromatic N) is 5. The van der Waals surface area contributed by atoms with E-state index in [4.69, 9.17) is 13.8 Å². The van der Waals surface area contributed by atoms with Crippen molar-refractivity contribution in [1.29, 1.82) is 0 Å². The molecule has 1 aliphatic heterocycles. The van der Waals surface area contributed by atoms with Gasteiger partial charge < -0.3 is 14.4 Å². The van der Waals surface area contributed by atoms with Crippen molar-refractivity contribution in [3.05, 3.63) is 77.4 Å². The second-order valence-electron chi connectivity index (χ2n) is 10.6. The fraction of sp³-hybridized carbons (Fsp3) is 0.367. The number of aromatic nitrogens is 5. The Bertz CT molecular complexity index is 1740. The number of ether oxygens (including phenoxy) is 1. The van der Waals surface area contributed by atoms with Crippen LogP contribution in [0.5, 0.6) is 0 Å². The lowest BCUT2D eigenvalue weighted by Crippen LogP contribution is -2.27. The second kappa shape index (κ2) is 9.29. The van der Waals surface area contributed by atoms with Gasteiger partial charge in [0.25, 0.3) is 0 Å². The Kier molecular flexibility index (Phi) is 5.21. The van der Waals surface area contributed by atoms with Crippen LogP contribution in [0.25, 0.3) is 33.2 Å². The fourth-order valence-corrected chi connectivity index (χ4v) is 5.82. The lowest BCUT2D eigenvalue weighted by Gasteiger charge is -2.33. The van der Waals surface area contributed by atoms with Crippen LogP contribution >= 0.6 is 0 Å². The summed E-state index contributed by atoms with van der Waals surface area (Å²) in [6.45, 7) is 1.95. The third kappa shape index (κ3) is 4.08. The van der Waals surface area contributed by atoms with Crippen molar-refractivity contribution in [3.63, 3.8) is 0 Å². The van der Waals surface area contributed by atoms with E-state index < -0.39 is 18.3 Å². The van der Waals surface area contributed by atoms with E-state index in [1.165, 1.54) is 10.7 Å². The van der Waals surface area contributed by atoms with E-state index in [-0.39, 0.29) is 23.2 Å². The summed E-state index contributed by atoms with van der Waals surface area (Å²) in [6.07, 6.45) is 3.26. The first-order valence-electron chi connectivity index (χ1n) is 14.3. The van der Waals surface area contributed by atoms with Crippen LogP contribution in [0.4, 0.5) is 4.39 Å². The van der Waals surface area contributed by atoms with E-state index in [9.17, 15) is 5.11 Å². The van der Waals surface area contributed by atoms with Crippen molar-refractivity contribution in [2.24, 2.45) is 13.0 Å². The maximum Gasteiger partial charge on any atom is 0.130 e. The molecule has 1 aliphatic rings. The van der Waals surface area contributed by atoms with Crippen LogP contribution < -0.4 is 0 Å². The molecule has 8 heteroatoms. The Morgan fingerprint density at radius 1 is 1.13 bits per heavy atom. The average Bonchev–Trinajstić information content (AvgIpc) is 3.47. The molecule has 0 saturated carbocycles. The molecule has 38 heavy (non-hydrogen) atoms. The van der Waals surface area contributed by atoms with E-state index in [1.807, 2.05) is 24.3 Å². The van der Waals surface area contributed by atoms with Crippen LogP contribution in [0.3, 0.4) is 0 Å². The highest BCUT2D eigenvalue weighted by atomic mass is 19.1. The molecule has 0 radical (unpaired) electrons. The lowest BCUT2D eigenvalue weighted by atomic mass is 9.86. The highest BCUT2D eigenvalue weighted by Gasteiger charge is 2.32. The van der Waals surface area contributed by atoms with Gasteiger partial charge in [0, 0.05) is 47.1 Å². The van der Waals surface area contributed by atoms with Gasteiger partial charge in [-0.2, -0.15) is 0 Å². The minimum Gasteiger partial charge on any atom is -0.386 e. The Labute approximate surface area is 225 Å². The number of hydrogen-bond donors (Lipinski definition) is 1. The highest BCUT2D eigenvalue weighted by Crippen LogP contribution is 2.42. The summed E-state index contributed by atoms with van der Waals surface area (Å²) >= 11 is 0. The Hall–Kier alpha value is -3.62. The molecule has 1 N–H and O–H groups in total. The number of pyridine rings is 1. The van der Waals surface area contributed by atoms with E-state index in [0.717, 1.165) is 29.4 Å². The maximum atomic E-state index is 15.5. The van der Waals surface area contributed by atoms with Gasteiger partial charge in [0.2, 0.25) is 0 Å². The average molecular weight is 517 g/mol. The smallest absolute Gasteiger partial charge is 0.130 e. The molecular weight excluding hydrogens is 481 g/mol. The van der Waals surface area contributed by atoms with Gasteiger partial charge in [-0.25, -0.2) is 9.07 Å². The molecule has 0 unspecified atom stereocenters. The number of rotatable bonds is 5. The van der Waals surface area contributed by atoms with E-state index >= 15 is 4.39 Å². The largest absolute Gasteiger partial charge is 0.386 e. The van der Waals surface area contributed by atoms with Gasteiger partial charge in [0.1, 0.15) is 5.82 Å². The summed E-state index contributed by atoms with van der Waals surface area (Å²) in [5, 5.41) is 19.4. The number of hydrogen-bond acceptors (Lipinski definition) is 5. The summed E-state index contributed by atoms with van der Waals surface area (Å²) in [4.78, 5) is 4.78. The first kappa shape index (κ1) is 21.3. The molecule has 0 spiro atoms. The molecule has 0 aliphatic carbocycles. The summed E-state index contributed by atoms with van der Waals surface area (Å²) in [5.41, 5.74) is 2.70. The Morgan fingerprint density at radius 3 is 2.61 bits per heavy atom. The monoisotopic (exact) mass is 516 g/mol. The van der Waals surface area contributed by atoms with Gasteiger partial charge in [0.15, 0.2) is 0 Å². The van der Waals surface area contributed by atoms with Crippen molar-refractivity contribution in [2.75, 3.05) is 13.2 Å². The van der Waals surface area contributed by atoms with Gasteiger partial charge in [-0.05, 0) is 63.2 Å². The number of halogens is 1. The van der Waals surface area contributed by atoms with Crippen LogP contribution in [0.2, 0.25) is 0 Å². The molecule has 1 fully saturated rings. The quantitative estimate of drug-likeness (QED) is 0.325. The minimum atomic E-state index is -2.47. The molecule has 2 aromatic carbocycles. The first-order chi connectivity index (χ1) is 19.4. The molecule has 7 nitrogen and oxygen atoms in total. The number of aryl methyl sites for hydroxylation is 2. The molecule has 196 valence electrons. The van der Waals surface area contributed by atoms with Crippen LogP contribution in [0, 0.1) is 18.6 Å². The van der Waals surface area contributed by atoms with Crippen LogP contribution in [0.15, 0.2) is 54.7 Å². The maximum absolute atomic E-state index is 15.5. The van der Waals surface area contributed by atoms with Gasteiger partial charge in [-0.3, -0.25) is 4.98 Å². The molecule has 1 atom stereocenters. The van der Waals surface area contributed by atoms with Gasteiger partial charge in [-0.1, -0.05) is 35.5 Å². The lowest BCUT2D eigenvalue weighted by molar-refractivity contribution is 0.0552. The molecular formula is C30H32FN5O2. The summed E-state index contributed by atoms with van der Waals surface area (Å²) in [7, 11) is 1.65. The SMILES string of the molecule is [2H]C([2H])([2H])c1nnn(C)c1-c1cnc2c3cc(F)c(C(C)(C)O)cc3n([C@H](c3ccccc3)C3CCOCC3)c2c1. The summed E-state index contributed by atoms with van der Waals surface area (Å²) < 4.78 is 48.8. The predicted molar refractivity (Wildman–Crippen MR) is 145 cm³/mol. The minimum absolute atomic E-state index is 0.108. The third-order valence-electron chi connectivity index (χ3n) is 7.62. The Balaban J connectivity index is 1.71. The molecule has 1 saturated heterocycles. The van der Waals surface area contributed by atoms with E-state index in [1.54, 1.807) is 33.2 Å². The predicted octanol–water partition coefficient (Wildman–Crippen LogP) is 5.68. The molecule has 6 rings (SSSR count).